The van der Waals surface area contributed by atoms with Crippen molar-refractivity contribution in [3.8, 4) is 0 Å². The van der Waals surface area contributed by atoms with E-state index in [0.29, 0.717) is 5.56 Å². The van der Waals surface area contributed by atoms with Crippen LogP contribution < -0.4 is 5.32 Å². The Hall–Kier alpha value is -2.88. The highest BCUT2D eigenvalue weighted by Gasteiger charge is 2.24. The van der Waals surface area contributed by atoms with Gasteiger partial charge in [-0.1, -0.05) is 56.3 Å². The van der Waals surface area contributed by atoms with Crippen molar-refractivity contribution in [3.05, 3.63) is 90.0 Å². The molecule has 3 aromatic rings. The molecular formula is C23H27N3O. The lowest BCUT2D eigenvalue weighted by Gasteiger charge is -2.29. The summed E-state index contributed by atoms with van der Waals surface area (Å²) in [6, 6.07) is 18.3. The molecule has 4 heteroatoms. The molecule has 0 aliphatic rings. The van der Waals surface area contributed by atoms with Crippen molar-refractivity contribution < 1.29 is 4.79 Å². The van der Waals surface area contributed by atoms with Gasteiger partial charge in [0.05, 0.1) is 6.33 Å². The van der Waals surface area contributed by atoms with E-state index in [0.717, 1.165) is 18.5 Å². The maximum absolute atomic E-state index is 12.6. The summed E-state index contributed by atoms with van der Waals surface area (Å²) < 4.78 is 2.00. The molecular weight excluding hydrogens is 334 g/mol. The number of hydrogen-bond donors (Lipinski definition) is 1. The van der Waals surface area contributed by atoms with Gasteiger partial charge < -0.3 is 9.88 Å². The highest BCUT2D eigenvalue weighted by atomic mass is 16.1. The molecule has 140 valence electrons. The number of rotatable bonds is 7. The first-order chi connectivity index (χ1) is 12.9. The van der Waals surface area contributed by atoms with Crippen LogP contribution >= 0.6 is 0 Å². The number of carbonyl (C=O) groups excluding carboxylic acids is 1. The molecule has 0 fully saturated rings. The zero-order valence-electron chi connectivity index (χ0n) is 16.2. The van der Waals surface area contributed by atoms with E-state index in [9.17, 15) is 4.79 Å². The second kappa shape index (κ2) is 8.21. The monoisotopic (exact) mass is 361 g/mol. The molecule has 3 rings (SSSR count). The van der Waals surface area contributed by atoms with E-state index in [1.54, 1.807) is 12.5 Å². The van der Waals surface area contributed by atoms with Crippen LogP contribution in [0.1, 0.15) is 48.7 Å². The predicted octanol–water partition coefficient (Wildman–Crippen LogP) is 4.42. The van der Waals surface area contributed by atoms with E-state index < -0.39 is 0 Å². The van der Waals surface area contributed by atoms with Crippen LogP contribution in [0.25, 0.3) is 0 Å². The van der Waals surface area contributed by atoms with Gasteiger partial charge in [0.2, 0.25) is 0 Å². The predicted molar refractivity (Wildman–Crippen MR) is 109 cm³/mol. The molecule has 1 N–H and O–H groups in total. The van der Waals surface area contributed by atoms with Gasteiger partial charge in [-0.05, 0) is 42.0 Å². The molecule has 1 amide bonds. The number of aromatic nitrogens is 2. The molecule has 0 spiro atoms. The second-order valence-corrected chi connectivity index (χ2v) is 7.76. The molecule has 0 aliphatic carbocycles. The summed E-state index contributed by atoms with van der Waals surface area (Å²) in [6.07, 6.45) is 6.36. The van der Waals surface area contributed by atoms with E-state index in [2.05, 4.69) is 55.3 Å². The summed E-state index contributed by atoms with van der Waals surface area (Å²) in [5.74, 6) is -0.0273. The van der Waals surface area contributed by atoms with Crippen LogP contribution in [0.4, 0.5) is 0 Å². The second-order valence-electron chi connectivity index (χ2n) is 7.76. The topological polar surface area (TPSA) is 46.9 Å². The molecule has 27 heavy (non-hydrogen) atoms. The quantitative estimate of drug-likeness (QED) is 0.677. The first-order valence-electron chi connectivity index (χ1n) is 9.35. The summed E-state index contributed by atoms with van der Waals surface area (Å²) in [5.41, 5.74) is 3.12. The minimum absolute atomic E-state index is 0.00259. The Morgan fingerprint density at radius 3 is 2.44 bits per heavy atom. The molecule has 1 aromatic heterocycles. The highest BCUT2D eigenvalue weighted by Crippen LogP contribution is 2.28. The van der Waals surface area contributed by atoms with E-state index in [4.69, 9.17) is 0 Å². The molecule has 0 saturated carbocycles. The number of carbonyl (C=O) groups is 1. The molecule has 0 aliphatic heterocycles. The number of nitrogens with one attached hydrogen (secondary N) is 1. The lowest BCUT2D eigenvalue weighted by Crippen LogP contribution is -2.37. The first-order valence-corrected chi connectivity index (χ1v) is 9.35. The molecule has 0 saturated heterocycles. The van der Waals surface area contributed by atoms with Gasteiger partial charge in [0.1, 0.15) is 0 Å². The summed E-state index contributed by atoms with van der Waals surface area (Å²) >= 11 is 0. The fourth-order valence-electron chi connectivity index (χ4n) is 3.48. The number of imidazole rings is 1. The average molecular weight is 361 g/mol. The fourth-order valence-corrected chi connectivity index (χ4v) is 3.48. The summed E-state index contributed by atoms with van der Waals surface area (Å²) in [6.45, 7) is 7.26. The minimum atomic E-state index is -0.0273. The zero-order valence-corrected chi connectivity index (χ0v) is 16.2. The molecule has 0 bridgehead atoms. The van der Waals surface area contributed by atoms with Crippen LogP contribution in [0.5, 0.6) is 0 Å². The number of hydrogen-bond acceptors (Lipinski definition) is 2. The zero-order chi connectivity index (χ0) is 19.3. The van der Waals surface area contributed by atoms with Gasteiger partial charge in [-0.3, -0.25) is 4.79 Å². The van der Waals surface area contributed by atoms with Gasteiger partial charge >= 0.3 is 0 Å². The van der Waals surface area contributed by atoms with E-state index in [1.165, 1.54) is 5.56 Å². The standard InChI is InChI=1S/C23H27N3O/c1-18(15-23(2,3)21-7-5-4-6-8-21)25-22(27)20-11-9-19(10-12-20)16-26-14-13-24-17-26/h4-14,17-18H,15-16H2,1-3H3,(H,25,27)/t18-/m1/s1. The smallest absolute Gasteiger partial charge is 0.251 e. The Labute approximate surface area is 161 Å². The third-order valence-electron chi connectivity index (χ3n) is 4.89. The Balaban J connectivity index is 1.58. The fraction of sp³-hybridized carbons (Fsp3) is 0.304. The van der Waals surface area contributed by atoms with Crippen molar-refractivity contribution in [2.45, 2.75) is 45.2 Å². The number of benzene rings is 2. The lowest BCUT2D eigenvalue weighted by atomic mass is 9.79. The summed E-state index contributed by atoms with van der Waals surface area (Å²) in [5, 5.41) is 3.13. The van der Waals surface area contributed by atoms with Crippen molar-refractivity contribution in [2.24, 2.45) is 0 Å². The van der Waals surface area contributed by atoms with Gasteiger partial charge in [0.15, 0.2) is 0 Å². The lowest BCUT2D eigenvalue weighted by molar-refractivity contribution is 0.0934. The maximum atomic E-state index is 12.6. The normalized spacial score (nSPS) is 12.6. The third-order valence-corrected chi connectivity index (χ3v) is 4.89. The molecule has 0 unspecified atom stereocenters. The van der Waals surface area contributed by atoms with Crippen LogP contribution in [0.2, 0.25) is 0 Å². The SMILES string of the molecule is C[C@H](CC(C)(C)c1ccccc1)NC(=O)c1ccc(Cn2ccnc2)cc1. The third kappa shape index (κ3) is 5.07. The Morgan fingerprint density at radius 1 is 1.11 bits per heavy atom. The van der Waals surface area contributed by atoms with Gasteiger partial charge in [-0.25, -0.2) is 4.98 Å². The Kier molecular flexibility index (Phi) is 5.75. The molecule has 0 radical (unpaired) electrons. The van der Waals surface area contributed by atoms with Crippen LogP contribution in [-0.2, 0) is 12.0 Å². The number of nitrogens with zero attached hydrogens (tertiary/aromatic N) is 2. The first kappa shape index (κ1) is 18.9. The Bertz CT molecular complexity index is 852. The summed E-state index contributed by atoms with van der Waals surface area (Å²) in [4.78, 5) is 16.6. The van der Waals surface area contributed by atoms with Gasteiger partial charge in [-0.15, -0.1) is 0 Å². The van der Waals surface area contributed by atoms with Gasteiger partial charge in [0.25, 0.3) is 5.91 Å². The van der Waals surface area contributed by atoms with E-state index >= 15 is 0 Å². The highest BCUT2D eigenvalue weighted by molar-refractivity contribution is 5.94. The van der Waals surface area contributed by atoms with Gasteiger partial charge in [0, 0.05) is 30.5 Å². The van der Waals surface area contributed by atoms with Crippen molar-refractivity contribution in [3.63, 3.8) is 0 Å². The molecule has 4 nitrogen and oxygen atoms in total. The van der Waals surface area contributed by atoms with Crippen molar-refractivity contribution in [1.82, 2.24) is 14.9 Å². The minimum Gasteiger partial charge on any atom is -0.350 e. The number of amides is 1. The van der Waals surface area contributed by atoms with Crippen molar-refractivity contribution >= 4 is 5.91 Å². The van der Waals surface area contributed by atoms with Crippen LogP contribution in [-0.4, -0.2) is 21.5 Å². The van der Waals surface area contributed by atoms with Crippen LogP contribution in [0, 0.1) is 0 Å². The molecule has 2 aromatic carbocycles. The molecule has 1 heterocycles. The van der Waals surface area contributed by atoms with Crippen molar-refractivity contribution in [2.75, 3.05) is 0 Å². The van der Waals surface area contributed by atoms with E-state index in [1.807, 2.05) is 41.1 Å². The Morgan fingerprint density at radius 2 is 1.81 bits per heavy atom. The van der Waals surface area contributed by atoms with Gasteiger partial charge in [-0.2, -0.15) is 0 Å². The van der Waals surface area contributed by atoms with Crippen molar-refractivity contribution in [1.29, 1.82) is 0 Å². The maximum Gasteiger partial charge on any atom is 0.251 e. The largest absolute Gasteiger partial charge is 0.350 e. The average Bonchev–Trinajstić information content (AvgIpc) is 3.15. The van der Waals surface area contributed by atoms with E-state index in [-0.39, 0.29) is 17.4 Å². The summed E-state index contributed by atoms with van der Waals surface area (Å²) in [7, 11) is 0. The van der Waals surface area contributed by atoms with Crippen LogP contribution in [0.3, 0.4) is 0 Å². The molecule has 1 atom stereocenters. The van der Waals surface area contributed by atoms with Crippen LogP contribution in [0.15, 0.2) is 73.3 Å².